The molecule has 0 fully saturated rings. The first-order chi connectivity index (χ1) is 19.1. The van der Waals surface area contributed by atoms with Crippen LogP contribution < -0.4 is 24.4 Å². The Balaban J connectivity index is 1.77. The van der Waals surface area contributed by atoms with Crippen molar-refractivity contribution in [2.75, 3.05) is 20.3 Å². The molecule has 3 aromatic rings. The van der Waals surface area contributed by atoms with E-state index in [-0.39, 0.29) is 24.9 Å². The van der Waals surface area contributed by atoms with Gasteiger partial charge in [0.05, 0.1) is 46.1 Å². The molecule has 11 heteroatoms. The number of thiazole rings is 1. The first kappa shape index (κ1) is 29.3. The summed E-state index contributed by atoms with van der Waals surface area (Å²) in [5.41, 5.74) is 1.97. The summed E-state index contributed by atoms with van der Waals surface area (Å²) in [6.07, 6.45) is 1.41. The third-order valence-corrected chi connectivity index (χ3v) is 7.52. The maximum absolute atomic E-state index is 13.8. The Kier molecular flexibility index (Phi) is 9.26. The maximum atomic E-state index is 13.8. The van der Waals surface area contributed by atoms with Crippen molar-refractivity contribution >= 4 is 45.3 Å². The van der Waals surface area contributed by atoms with Crippen LogP contribution >= 0.6 is 27.3 Å². The molecular weight excluding hydrogens is 600 g/mol. The highest BCUT2D eigenvalue weighted by Crippen LogP contribution is 2.32. The summed E-state index contributed by atoms with van der Waals surface area (Å²) < 4.78 is 23.8. The number of allylic oxidation sites excluding steroid dienone is 1. The normalized spacial score (nSPS) is 15.0. The summed E-state index contributed by atoms with van der Waals surface area (Å²) in [5.74, 6) is 0.144. The molecule has 210 valence electrons. The van der Waals surface area contributed by atoms with Gasteiger partial charge < -0.3 is 18.9 Å². The second kappa shape index (κ2) is 12.6. The van der Waals surface area contributed by atoms with Gasteiger partial charge in [-0.3, -0.25) is 9.36 Å². The molecular formula is C29H29BrN2O7S. The van der Waals surface area contributed by atoms with E-state index in [9.17, 15) is 14.4 Å². The Labute approximate surface area is 243 Å². The van der Waals surface area contributed by atoms with Crippen molar-refractivity contribution in [1.29, 1.82) is 0 Å². The van der Waals surface area contributed by atoms with Gasteiger partial charge in [-0.25, -0.2) is 14.6 Å². The van der Waals surface area contributed by atoms with Crippen molar-refractivity contribution in [3.63, 3.8) is 0 Å². The van der Waals surface area contributed by atoms with Gasteiger partial charge in [-0.05, 0) is 85.1 Å². The van der Waals surface area contributed by atoms with E-state index in [1.165, 1.54) is 15.9 Å². The molecule has 2 aromatic carbocycles. The van der Waals surface area contributed by atoms with Gasteiger partial charge in [-0.2, -0.15) is 0 Å². The molecule has 1 aliphatic rings. The number of fused-ring (bicyclic) bond motifs is 1. The monoisotopic (exact) mass is 628 g/mol. The van der Waals surface area contributed by atoms with Crippen molar-refractivity contribution in [3.05, 3.63) is 89.0 Å². The molecule has 0 spiro atoms. The first-order valence-electron chi connectivity index (χ1n) is 12.6. The van der Waals surface area contributed by atoms with Crippen LogP contribution in [0.2, 0.25) is 0 Å². The fourth-order valence-corrected chi connectivity index (χ4v) is 5.73. The lowest BCUT2D eigenvalue weighted by atomic mass is 9.96. The minimum absolute atomic E-state index is 0.212. The molecule has 0 N–H and O–H groups in total. The Morgan fingerprint density at radius 2 is 1.90 bits per heavy atom. The van der Waals surface area contributed by atoms with Crippen LogP contribution in [0.1, 0.15) is 44.9 Å². The minimum Gasteiger partial charge on any atom is -0.497 e. The number of hydrogen-bond acceptors (Lipinski definition) is 9. The van der Waals surface area contributed by atoms with Gasteiger partial charge in [-0.15, -0.1) is 0 Å². The van der Waals surface area contributed by atoms with Crippen LogP contribution in [0.3, 0.4) is 0 Å². The van der Waals surface area contributed by atoms with Gasteiger partial charge in [0.25, 0.3) is 5.56 Å². The molecule has 1 aliphatic heterocycles. The third kappa shape index (κ3) is 6.37. The van der Waals surface area contributed by atoms with E-state index >= 15 is 0 Å². The number of carbonyl (C=O) groups excluding carboxylic acids is 2. The average molecular weight is 630 g/mol. The zero-order valence-corrected chi connectivity index (χ0v) is 25.1. The van der Waals surface area contributed by atoms with Gasteiger partial charge in [0.1, 0.15) is 11.5 Å². The van der Waals surface area contributed by atoms with E-state index in [0.29, 0.717) is 36.6 Å². The Morgan fingerprint density at radius 1 is 1.18 bits per heavy atom. The number of aromatic nitrogens is 1. The molecule has 4 rings (SSSR count). The van der Waals surface area contributed by atoms with E-state index in [1.807, 2.05) is 12.1 Å². The molecule has 9 nitrogen and oxygen atoms in total. The van der Waals surface area contributed by atoms with Crippen LogP contribution in [0.15, 0.2) is 68.0 Å². The van der Waals surface area contributed by atoms with E-state index < -0.39 is 18.0 Å². The van der Waals surface area contributed by atoms with Crippen molar-refractivity contribution < 1.29 is 28.5 Å². The second-order valence-electron chi connectivity index (χ2n) is 9.09. The number of nitrogens with zero attached hydrogens (tertiary/aromatic N) is 2. The van der Waals surface area contributed by atoms with Crippen LogP contribution in [0.5, 0.6) is 11.5 Å². The molecule has 2 heterocycles. The summed E-state index contributed by atoms with van der Waals surface area (Å²) in [6.45, 7) is 7.09. The smallest absolute Gasteiger partial charge is 0.344 e. The fourth-order valence-electron chi connectivity index (χ4n) is 4.18. The van der Waals surface area contributed by atoms with E-state index in [1.54, 1.807) is 71.2 Å². The van der Waals surface area contributed by atoms with Crippen molar-refractivity contribution in [2.24, 2.45) is 4.99 Å². The van der Waals surface area contributed by atoms with Crippen LogP contribution in [0.4, 0.5) is 0 Å². The predicted octanol–water partition coefficient (Wildman–Crippen LogP) is 3.90. The van der Waals surface area contributed by atoms with Crippen molar-refractivity contribution in [2.45, 2.75) is 39.8 Å². The second-order valence-corrected chi connectivity index (χ2v) is 11.0. The number of rotatable bonds is 9. The zero-order valence-electron chi connectivity index (χ0n) is 22.7. The number of benzene rings is 2. The van der Waals surface area contributed by atoms with Crippen molar-refractivity contribution in [3.8, 4) is 11.5 Å². The molecule has 0 amide bonds. The number of methoxy groups -OCH3 is 1. The summed E-state index contributed by atoms with van der Waals surface area (Å²) in [4.78, 5) is 43.7. The molecule has 0 saturated heterocycles. The summed E-state index contributed by atoms with van der Waals surface area (Å²) in [5, 5.41) is 0. The number of carbonyl (C=O) groups is 2. The highest BCUT2D eigenvalue weighted by atomic mass is 79.9. The molecule has 0 radical (unpaired) electrons. The van der Waals surface area contributed by atoms with E-state index in [2.05, 4.69) is 20.9 Å². The summed E-state index contributed by atoms with van der Waals surface area (Å²) in [6, 6.07) is 11.8. The van der Waals surface area contributed by atoms with E-state index in [0.717, 1.165) is 11.1 Å². The van der Waals surface area contributed by atoms with Gasteiger partial charge in [0.15, 0.2) is 11.4 Å². The van der Waals surface area contributed by atoms with Crippen LogP contribution in [-0.4, -0.2) is 42.9 Å². The van der Waals surface area contributed by atoms with Crippen LogP contribution in [0, 0.1) is 0 Å². The number of ether oxygens (including phenoxy) is 4. The highest BCUT2D eigenvalue weighted by Gasteiger charge is 2.33. The standard InChI is InChI=1S/C29H29BrN2O7S/c1-6-37-24(33)15-38-22-12-7-18(13-21(22)30)14-23-27(34)32-26(19-8-10-20(36-5)11-9-19)25(28(35)39-16(2)3)17(4)31-29(32)40-23/h7-14,16,26H,6,15H2,1-5H3/b23-14-/t26-/m1/s1. The fraction of sp³-hybridized carbons (Fsp3) is 0.310. The van der Waals surface area contributed by atoms with Gasteiger partial charge in [0, 0.05) is 0 Å². The Bertz CT molecular complexity index is 1640. The predicted molar refractivity (Wildman–Crippen MR) is 154 cm³/mol. The lowest BCUT2D eigenvalue weighted by molar-refractivity contribution is -0.145. The van der Waals surface area contributed by atoms with E-state index in [4.69, 9.17) is 18.9 Å². The average Bonchev–Trinajstić information content (AvgIpc) is 3.21. The molecule has 40 heavy (non-hydrogen) atoms. The van der Waals surface area contributed by atoms with Gasteiger partial charge in [0.2, 0.25) is 0 Å². The zero-order chi connectivity index (χ0) is 29.0. The summed E-state index contributed by atoms with van der Waals surface area (Å²) in [7, 11) is 1.57. The number of halogens is 1. The summed E-state index contributed by atoms with van der Waals surface area (Å²) >= 11 is 4.70. The molecule has 0 saturated carbocycles. The molecule has 0 aliphatic carbocycles. The largest absolute Gasteiger partial charge is 0.497 e. The Hall–Kier alpha value is -3.70. The third-order valence-electron chi connectivity index (χ3n) is 5.92. The topological polar surface area (TPSA) is 105 Å². The van der Waals surface area contributed by atoms with Crippen LogP contribution in [0.25, 0.3) is 6.08 Å². The van der Waals surface area contributed by atoms with Crippen molar-refractivity contribution in [1.82, 2.24) is 4.57 Å². The Morgan fingerprint density at radius 3 is 2.52 bits per heavy atom. The quantitative estimate of drug-likeness (QED) is 0.331. The number of hydrogen-bond donors (Lipinski definition) is 0. The lowest BCUT2D eigenvalue weighted by Crippen LogP contribution is -2.40. The minimum atomic E-state index is -0.721. The first-order valence-corrected chi connectivity index (χ1v) is 14.2. The van der Waals surface area contributed by atoms with Crippen LogP contribution in [-0.2, 0) is 19.1 Å². The maximum Gasteiger partial charge on any atom is 0.344 e. The SMILES string of the molecule is CCOC(=O)COc1ccc(/C=c2\sc3n(c2=O)[C@H](c2ccc(OC)cc2)C(C(=O)OC(C)C)=C(C)N=3)cc1Br. The lowest BCUT2D eigenvalue weighted by Gasteiger charge is -2.25. The molecule has 0 bridgehead atoms. The molecule has 1 atom stereocenters. The molecule has 1 aromatic heterocycles. The number of esters is 2. The highest BCUT2D eigenvalue weighted by molar-refractivity contribution is 9.10. The van der Waals surface area contributed by atoms with Gasteiger partial charge >= 0.3 is 11.9 Å². The van der Waals surface area contributed by atoms with Gasteiger partial charge in [-0.1, -0.05) is 29.5 Å². The molecule has 0 unspecified atom stereocenters.